The van der Waals surface area contributed by atoms with E-state index in [0.29, 0.717) is 24.8 Å². The minimum atomic E-state index is 0.1000. The Hall–Kier alpha value is -2.25. The van der Waals surface area contributed by atoms with Gasteiger partial charge in [0.05, 0.1) is 6.54 Å². The maximum atomic E-state index is 12.3. The molecule has 1 aliphatic rings. The van der Waals surface area contributed by atoms with Gasteiger partial charge in [0.2, 0.25) is 17.6 Å². The van der Waals surface area contributed by atoms with Gasteiger partial charge < -0.3 is 14.7 Å². The average Bonchev–Trinajstić information content (AvgIpc) is 3.16. The van der Waals surface area contributed by atoms with Crippen LogP contribution in [0.5, 0.6) is 0 Å². The number of aromatic nitrogens is 2. The van der Waals surface area contributed by atoms with E-state index in [2.05, 4.69) is 70.3 Å². The van der Waals surface area contributed by atoms with Gasteiger partial charge in [-0.2, -0.15) is 4.98 Å². The van der Waals surface area contributed by atoms with Crippen molar-refractivity contribution < 1.29 is 9.32 Å². The van der Waals surface area contributed by atoms with Crippen LogP contribution in [0, 0.1) is 5.92 Å². The molecule has 3 rings (SSSR count). The predicted molar refractivity (Wildman–Crippen MR) is 118 cm³/mol. The van der Waals surface area contributed by atoms with Crippen molar-refractivity contribution in [3.05, 3.63) is 35.7 Å². The van der Waals surface area contributed by atoms with E-state index in [9.17, 15) is 4.79 Å². The van der Waals surface area contributed by atoms with Crippen LogP contribution in [0.2, 0.25) is 0 Å². The van der Waals surface area contributed by atoms with Gasteiger partial charge in [-0.05, 0) is 51.0 Å². The number of benzene rings is 1. The van der Waals surface area contributed by atoms with Crippen LogP contribution in [0.3, 0.4) is 0 Å². The molecule has 30 heavy (non-hydrogen) atoms. The number of carbonyl (C=O) groups is 1. The molecule has 2 aromatic rings. The molecule has 0 bridgehead atoms. The molecule has 1 aliphatic heterocycles. The molecule has 0 unspecified atom stereocenters. The maximum absolute atomic E-state index is 12.3. The van der Waals surface area contributed by atoms with Gasteiger partial charge in [-0.25, -0.2) is 0 Å². The second-order valence-electron chi connectivity index (χ2n) is 9.48. The number of likely N-dealkylation sites (tertiary alicyclic amines) is 1. The molecule has 0 atom stereocenters. The normalized spacial score (nSPS) is 16.2. The first-order valence-electron chi connectivity index (χ1n) is 10.8. The molecule has 1 aromatic carbocycles. The predicted octanol–water partition coefficient (Wildman–Crippen LogP) is 2.92. The molecule has 0 aliphatic carbocycles. The molecule has 0 spiro atoms. The van der Waals surface area contributed by atoms with E-state index < -0.39 is 0 Å². The number of carbonyl (C=O) groups excluding carboxylic acids is 1. The monoisotopic (exact) mass is 413 g/mol. The molecule has 1 aromatic heterocycles. The fourth-order valence-corrected chi connectivity index (χ4v) is 3.65. The topological polar surface area (TPSA) is 74.5 Å². The Balaban J connectivity index is 1.48. The summed E-state index contributed by atoms with van der Waals surface area (Å²) in [6, 6.07) is 8.35. The molecular weight excluding hydrogens is 378 g/mol. The summed E-state index contributed by atoms with van der Waals surface area (Å²) in [5.41, 5.74) is 2.37. The Morgan fingerprint density at radius 3 is 2.47 bits per heavy atom. The number of amides is 1. The van der Waals surface area contributed by atoms with Crippen LogP contribution in [-0.4, -0.2) is 66.1 Å². The van der Waals surface area contributed by atoms with Crippen molar-refractivity contribution in [3.8, 4) is 11.4 Å². The van der Waals surface area contributed by atoms with Crippen LogP contribution < -0.4 is 5.32 Å². The lowest BCUT2D eigenvalue weighted by Gasteiger charge is -2.30. The van der Waals surface area contributed by atoms with E-state index >= 15 is 0 Å². The number of piperidine rings is 1. The Morgan fingerprint density at radius 1 is 1.20 bits per heavy atom. The molecule has 0 radical (unpaired) electrons. The van der Waals surface area contributed by atoms with E-state index in [0.717, 1.165) is 38.0 Å². The third kappa shape index (κ3) is 6.12. The molecule has 7 nitrogen and oxygen atoms in total. The first-order chi connectivity index (χ1) is 14.2. The van der Waals surface area contributed by atoms with Gasteiger partial charge in [-0.15, -0.1) is 0 Å². The molecule has 1 N–H and O–H groups in total. The highest BCUT2D eigenvalue weighted by atomic mass is 16.5. The van der Waals surface area contributed by atoms with Gasteiger partial charge in [0.1, 0.15) is 0 Å². The lowest BCUT2D eigenvalue weighted by Crippen LogP contribution is -2.41. The van der Waals surface area contributed by atoms with Crippen molar-refractivity contribution in [2.75, 3.05) is 40.3 Å². The van der Waals surface area contributed by atoms with Crippen molar-refractivity contribution in [1.82, 2.24) is 25.3 Å². The van der Waals surface area contributed by atoms with Crippen LogP contribution in [0.4, 0.5) is 0 Å². The summed E-state index contributed by atoms with van der Waals surface area (Å²) in [6.45, 7) is 10.5. The van der Waals surface area contributed by atoms with E-state index in [1.165, 1.54) is 5.56 Å². The minimum Gasteiger partial charge on any atom is -0.355 e. The summed E-state index contributed by atoms with van der Waals surface area (Å²) in [6.07, 6.45) is 1.73. The Labute approximate surface area is 179 Å². The first kappa shape index (κ1) is 22.4. The van der Waals surface area contributed by atoms with Crippen molar-refractivity contribution in [1.29, 1.82) is 0 Å². The van der Waals surface area contributed by atoms with E-state index in [4.69, 9.17) is 4.52 Å². The number of hydrogen-bond acceptors (Lipinski definition) is 6. The van der Waals surface area contributed by atoms with Crippen molar-refractivity contribution in [3.63, 3.8) is 0 Å². The average molecular weight is 414 g/mol. The fourth-order valence-electron chi connectivity index (χ4n) is 3.65. The molecule has 2 heterocycles. The highest BCUT2D eigenvalue weighted by Crippen LogP contribution is 2.25. The van der Waals surface area contributed by atoms with Gasteiger partial charge in [0, 0.05) is 24.6 Å². The second-order valence-corrected chi connectivity index (χ2v) is 9.48. The SMILES string of the molecule is CN(C)CCNC(=O)C1CCN(Cc2nc(-c3ccc(C(C)(C)C)cc3)no2)CC1. The van der Waals surface area contributed by atoms with Gasteiger partial charge in [-0.1, -0.05) is 50.2 Å². The van der Waals surface area contributed by atoms with Crippen molar-refractivity contribution in [2.24, 2.45) is 5.92 Å². The van der Waals surface area contributed by atoms with E-state index in [1.54, 1.807) is 0 Å². The highest BCUT2D eigenvalue weighted by Gasteiger charge is 2.26. The summed E-state index contributed by atoms with van der Waals surface area (Å²) in [5, 5.41) is 7.20. The summed E-state index contributed by atoms with van der Waals surface area (Å²) >= 11 is 0. The van der Waals surface area contributed by atoms with Crippen LogP contribution >= 0.6 is 0 Å². The molecule has 1 saturated heterocycles. The number of likely N-dealkylation sites (N-methyl/N-ethyl adjacent to an activating group) is 1. The third-order valence-corrected chi connectivity index (χ3v) is 5.65. The van der Waals surface area contributed by atoms with Crippen molar-refractivity contribution >= 4 is 5.91 Å². The Kier molecular flexibility index (Phi) is 7.26. The largest absolute Gasteiger partial charge is 0.355 e. The van der Waals surface area contributed by atoms with Gasteiger partial charge in [0.25, 0.3) is 0 Å². The molecule has 0 saturated carbocycles. The quantitative estimate of drug-likeness (QED) is 0.752. The lowest BCUT2D eigenvalue weighted by molar-refractivity contribution is -0.126. The van der Waals surface area contributed by atoms with E-state index in [-0.39, 0.29) is 17.2 Å². The van der Waals surface area contributed by atoms with Gasteiger partial charge in [0.15, 0.2) is 0 Å². The minimum absolute atomic E-state index is 0.1000. The zero-order chi connectivity index (χ0) is 21.7. The highest BCUT2D eigenvalue weighted by molar-refractivity contribution is 5.78. The van der Waals surface area contributed by atoms with Crippen molar-refractivity contribution in [2.45, 2.75) is 45.6 Å². The molecule has 7 heteroatoms. The van der Waals surface area contributed by atoms with Crippen LogP contribution in [-0.2, 0) is 16.8 Å². The molecule has 164 valence electrons. The summed E-state index contributed by atoms with van der Waals surface area (Å²) < 4.78 is 5.48. The molecular formula is C23H35N5O2. The number of rotatable bonds is 7. The smallest absolute Gasteiger partial charge is 0.241 e. The second kappa shape index (κ2) is 9.71. The van der Waals surface area contributed by atoms with Crippen LogP contribution in [0.25, 0.3) is 11.4 Å². The first-order valence-corrected chi connectivity index (χ1v) is 10.8. The molecule has 1 amide bonds. The van der Waals surface area contributed by atoms with E-state index in [1.807, 2.05) is 14.1 Å². The van der Waals surface area contributed by atoms with Crippen LogP contribution in [0.1, 0.15) is 45.1 Å². The lowest BCUT2D eigenvalue weighted by atomic mass is 9.87. The summed E-state index contributed by atoms with van der Waals surface area (Å²) in [4.78, 5) is 21.2. The summed E-state index contributed by atoms with van der Waals surface area (Å²) in [7, 11) is 4.02. The molecule has 1 fully saturated rings. The van der Waals surface area contributed by atoms with Crippen LogP contribution in [0.15, 0.2) is 28.8 Å². The third-order valence-electron chi connectivity index (χ3n) is 5.65. The number of nitrogens with one attached hydrogen (secondary N) is 1. The number of nitrogens with zero attached hydrogens (tertiary/aromatic N) is 4. The number of hydrogen-bond donors (Lipinski definition) is 1. The zero-order valence-corrected chi connectivity index (χ0v) is 18.9. The fraction of sp³-hybridized carbons (Fsp3) is 0.609. The Morgan fingerprint density at radius 2 is 1.87 bits per heavy atom. The van der Waals surface area contributed by atoms with Gasteiger partial charge in [-0.3, -0.25) is 9.69 Å². The maximum Gasteiger partial charge on any atom is 0.241 e. The summed E-state index contributed by atoms with van der Waals surface area (Å²) in [5.74, 6) is 1.53. The standard InChI is InChI=1S/C23H35N5O2/c1-23(2,3)19-8-6-17(7-9-19)21-25-20(30-26-21)16-28-13-10-18(11-14-28)22(29)24-12-15-27(4)5/h6-9,18H,10-16H2,1-5H3,(H,24,29). The van der Waals surface area contributed by atoms with Gasteiger partial charge >= 0.3 is 0 Å². The zero-order valence-electron chi connectivity index (χ0n) is 18.9. The Bertz CT molecular complexity index is 815.